The molecule has 1 unspecified atom stereocenters. The van der Waals surface area contributed by atoms with E-state index in [4.69, 9.17) is 18.0 Å². The highest BCUT2D eigenvalue weighted by atomic mass is 32.1. The summed E-state index contributed by atoms with van der Waals surface area (Å²) in [6.07, 6.45) is 3.32. The van der Waals surface area contributed by atoms with Crippen LogP contribution in [0.25, 0.3) is 0 Å². The molecule has 0 saturated carbocycles. The van der Waals surface area contributed by atoms with Gasteiger partial charge in [-0.25, -0.2) is 9.97 Å². The van der Waals surface area contributed by atoms with Crippen molar-refractivity contribution in [1.82, 2.24) is 9.97 Å². The first-order valence-corrected chi connectivity index (χ1v) is 5.99. The van der Waals surface area contributed by atoms with Crippen molar-refractivity contribution >= 4 is 23.0 Å². The molecule has 0 amide bonds. The maximum atomic E-state index is 5.48. The summed E-state index contributed by atoms with van der Waals surface area (Å²) < 4.78 is 0. The molecular formula is C12H20N4S. The van der Waals surface area contributed by atoms with E-state index in [1.807, 2.05) is 7.05 Å². The van der Waals surface area contributed by atoms with Crippen molar-refractivity contribution in [2.75, 3.05) is 11.9 Å². The lowest BCUT2D eigenvalue weighted by Gasteiger charge is -2.35. The van der Waals surface area contributed by atoms with Crippen LogP contribution >= 0.6 is 12.2 Å². The number of hydrogen-bond acceptors (Lipinski definition) is 4. The fourth-order valence-electron chi connectivity index (χ4n) is 1.41. The summed E-state index contributed by atoms with van der Waals surface area (Å²) in [7, 11) is 2.01. The van der Waals surface area contributed by atoms with Crippen molar-refractivity contribution in [3.05, 3.63) is 18.1 Å². The van der Waals surface area contributed by atoms with Gasteiger partial charge in [0.25, 0.3) is 0 Å². The van der Waals surface area contributed by atoms with Crippen molar-refractivity contribution in [3.63, 3.8) is 0 Å². The minimum Gasteiger partial charge on any atom is -0.388 e. The Morgan fingerprint density at radius 3 is 2.29 bits per heavy atom. The molecule has 1 heterocycles. The number of nitrogens with two attached hydrogens (primary N) is 1. The second kappa shape index (κ2) is 4.96. The van der Waals surface area contributed by atoms with Gasteiger partial charge in [-0.3, -0.25) is 0 Å². The van der Waals surface area contributed by atoms with Crippen molar-refractivity contribution in [2.24, 2.45) is 11.1 Å². The van der Waals surface area contributed by atoms with Gasteiger partial charge >= 0.3 is 0 Å². The second-order valence-corrected chi connectivity index (χ2v) is 5.72. The number of rotatable bonds is 3. The van der Waals surface area contributed by atoms with Crippen molar-refractivity contribution < 1.29 is 0 Å². The normalized spacial score (nSPS) is 13.2. The predicted octanol–water partition coefficient (Wildman–Crippen LogP) is 1.98. The lowest BCUT2D eigenvalue weighted by atomic mass is 9.87. The van der Waals surface area contributed by atoms with E-state index in [1.54, 1.807) is 12.4 Å². The summed E-state index contributed by atoms with van der Waals surface area (Å²) in [5.74, 6) is 0.826. The molecule has 0 spiro atoms. The molecule has 0 aromatic carbocycles. The Bertz CT molecular complexity index is 394. The summed E-state index contributed by atoms with van der Waals surface area (Å²) in [6.45, 7) is 8.77. The van der Waals surface area contributed by atoms with Gasteiger partial charge in [0.15, 0.2) is 0 Å². The zero-order valence-corrected chi connectivity index (χ0v) is 11.9. The van der Waals surface area contributed by atoms with Crippen LogP contribution in [0, 0.1) is 5.41 Å². The van der Waals surface area contributed by atoms with E-state index in [-0.39, 0.29) is 10.4 Å². The molecule has 1 aromatic rings. The van der Waals surface area contributed by atoms with E-state index in [2.05, 4.69) is 42.6 Å². The Kier molecular flexibility index (Phi) is 4.03. The van der Waals surface area contributed by atoms with Crippen LogP contribution in [-0.4, -0.2) is 28.0 Å². The topological polar surface area (TPSA) is 55.0 Å². The molecule has 94 valence electrons. The van der Waals surface area contributed by atoms with Gasteiger partial charge in [0.05, 0.1) is 12.4 Å². The minimum atomic E-state index is 0.179. The highest BCUT2D eigenvalue weighted by Gasteiger charge is 2.24. The molecule has 0 fully saturated rings. The first-order valence-electron chi connectivity index (χ1n) is 5.58. The van der Waals surface area contributed by atoms with Gasteiger partial charge in [0.2, 0.25) is 0 Å². The largest absolute Gasteiger partial charge is 0.388 e. The van der Waals surface area contributed by atoms with E-state index >= 15 is 0 Å². The maximum Gasteiger partial charge on any atom is 0.147 e. The van der Waals surface area contributed by atoms with Gasteiger partial charge in [0, 0.05) is 13.1 Å². The molecule has 4 nitrogen and oxygen atoms in total. The number of aromatic nitrogens is 2. The zero-order valence-electron chi connectivity index (χ0n) is 11.1. The summed E-state index contributed by atoms with van der Waals surface area (Å²) >= 11 is 4.84. The predicted molar refractivity (Wildman–Crippen MR) is 75.2 cm³/mol. The molecule has 1 aromatic heterocycles. The Morgan fingerprint density at radius 2 is 1.94 bits per heavy atom. The molecule has 0 radical (unpaired) electrons. The summed E-state index contributed by atoms with van der Waals surface area (Å²) in [4.78, 5) is 10.9. The van der Waals surface area contributed by atoms with E-state index in [0.29, 0.717) is 11.7 Å². The van der Waals surface area contributed by atoms with Crippen LogP contribution in [-0.2, 0) is 0 Å². The van der Waals surface area contributed by atoms with E-state index in [9.17, 15) is 0 Å². The summed E-state index contributed by atoms with van der Waals surface area (Å²) in [5.41, 5.74) is 6.22. The lowest BCUT2D eigenvalue weighted by Crippen LogP contribution is -2.39. The Labute approximate surface area is 108 Å². The van der Waals surface area contributed by atoms with Crippen LogP contribution in [0.1, 0.15) is 33.4 Å². The number of hydrogen-bond donors (Lipinski definition) is 1. The van der Waals surface area contributed by atoms with Crippen LogP contribution in [0.2, 0.25) is 0 Å². The number of thiocarbonyl (C=S) groups is 1. The van der Waals surface area contributed by atoms with E-state index in [1.165, 1.54) is 0 Å². The van der Waals surface area contributed by atoms with Crippen molar-refractivity contribution in [1.29, 1.82) is 0 Å². The average Bonchev–Trinajstić information content (AvgIpc) is 2.26. The quantitative estimate of drug-likeness (QED) is 0.834. The highest BCUT2D eigenvalue weighted by Crippen LogP contribution is 2.25. The Morgan fingerprint density at radius 1 is 1.35 bits per heavy atom. The molecular weight excluding hydrogens is 232 g/mol. The van der Waals surface area contributed by atoms with Gasteiger partial charge in [-0.2, -0.15) is 0 Å². The number of nitrogens with zero attached hydrogens (tertiary/aromatic N) is 3. The molecule has 0 aliphatic heterocycles. The maximum absolute atomic E-state index is 5.48. The standard InChI is InChI=1S/C12H20N4S/c1-8(12(2,3)4)16(5)10-7-14-9(6-15-10)11(13)17/h6-8H,1-5H3,(H2,13,17). The van der Waals surface area contributed by atoms with Crippen molar-refractivity contribution in [3.8, 4) is 0 Å². The average molecular weight is 252 g/mol. The smallest absolute Gasteiger partial charge is 0.147 e. The molecule has 0 aliphatic rings. The monoisotopic (exact) mass is 252 g/mol. The third-order valence-electron chi connectivity index (χ3n) is 3.09. The molecule has 1 atom stereocenters. The summed E-state index contributed by atoms with van der Waals surface area (Å²) in [5, 5.41) is 0. The molecule has 1 rings (SSSR count). The zero-order chi connectivity index (χ0) is 13.2. The van der Waals surface area contributed by atoms with Crippen LogP contribution in [0.3, 0.4) is 0 Å². The van der Waals surface area contributed by atoms with Crippen LogP contribution in [0.4, 0.5) is 5.82 Å². The molecule has 0 bridgehead atoms. The fraction of sp³-hybridized carbons (Fsp3) is 0.583. The molecule has 0 aliphatic carbocycles. The SMILES string of the molecule is CC(N(C)c1cnc(C(N)=S)cn1)C(C)(C)C. The Hall–Kier alpha value is -1.23. The van der Waals surface area contributed by atoms with Crippen LogP contribution in [0.15, 0.2) is 12.4 Å². The van der Waals surface area contributed by atoms with Crippen LogP contribution in [0.5, 0.6) is 0 Å². The fourth-order valence-corrected chi connectivity index (χ4v) is 1.52. The third-order valence-corrected chi connectivity index (χ3v) is 3.30. The van der Waals surface area contributed by atoms with Gasteiger partial charge in [0.1, 0.15) is 16.5 Å². The van der Waals surface area contributed by atoms with Gasteiger partial charge in [-0.1, -0.05) is 33.0 Å². The van der Waals surface area contributed by atoms with E-state index in [0.717, 1.165) is 5.82 Å². The van der Waals surface area contributed by atoms with E-state index < -0.39 is 0 Å². The molecule has 2 N–H and O–H groups in total. The first kappa shape index (κ1) is 13.8. The first-order chi connectivity index (χ1) is 7.73. The molecule has 0 saturated heterocycles. The van der Waals surface area contributed by atoms with Crippen LogP contribution < -0.4 is 10.6 Å². The third kappa shape index (κ3) is 3.36. The van der Waals surface area contributed by atoms with Crippen molar-refractivity contribution in [2.45, 2.75) is 33.7 Å². The van der Waals surface area contributed by atoms with Gasteiger partial charge in [-0.15, -0.1) is 0 Å². The van der Waals surface area contributed by atoms with Gasteiger partial charge < -0.3 is 10.6 Å². The molecule has 5 heteroatoms. The number of anilines is 1. The van der Waals surface area contributed by atoms with Gasteiger partial charge in [-0.05, 0) is 12.3 Å². The second-order valence-electron chi connectivity index (χ2n) is 5.28. The summed E-state index contributed by atoms with van der Waals surface area (Å²) in [6, 6.07) is 0.354. The minimum absolute atomic E-state index is 0.179. The Balaban J connectivity index is 2.90. The highest BCUT2D eigenvalue weighted by molar-refractivity contribution is 7.80. The molecule has 17 heavy (non-hydrogen) atoms. The lowest BCUT2D eigenvalue weighted by molar-refractivity contribution is 0.328.